The summed E-state index contributed by atoms with van der Waals surface area (Å²) in [6, 6.07) is 6.09. The largest absolute Gasteiger partial charge is 0.264 e. The molecular formula is C13H11ClFN5. The summed E-state index contributed by atoms with van der Waals surface area (Å²) in [7, 11) is 0. The van der Waals surface area contributed by atoms with Crippen molar-refractivity contribution in [1.82, 2.24) is 24.5 Å². The minimum absolute atomic E-state index is 0.286. The molecule has 102 valence electrons. The van der Waals surface area contributed by atoms with Crippen molar-refractivity contribution in [2.45, 2.75) is 13.5 Å². The zero-order valence-electron chi connectivity index (χ0n) is 10.7. The topological polar surface area (TPSA) is 48.5 Å². The van der Waals surface area contributed by atoms with Crippen LogP contribution in [0.5, 0.6) is 0 Å². The van der Waals surface area contributed by atoms with E-state index in [1.54, 1.807) is 40.8 Å². The van der Waals surface area contributed by atoms with Gasteiger partial charge in [0.1, 0.15) is 18.2 Å². The smallest absolute Gasteiger partial charge is 0.154 e. The summed E-state index contributed by atoms with van der Waals surface area (Å²) >= 11 is 5.84. The second-order valence-electron chi connectivity index (χ2n) is 4.32. The fraction of sp³-hybridized carbons (Fsp3) is 0.154. The molecule has 0 saturated carbocycles. The summed E-state index contributed by atoms with van der Waals surface area (Å²) in [4.78, 5) is 4.37. The highest BCUT2D eigenvalue weighted by Crippen LogP contribution is 2.13. The number of aryl methyl sites for hydroxylation is 1. The van der Waals surface area contributed by atoms with Crippen molar-refractivity contribution in [1.29, 1.82) is 0 Å². The van der Waals surface area contributed by atoms with Gasteiger partial charge in [-0.15, -0.1) is 0 Å². The number of hydrogen-bond acceptors (Lipinski definition) is 3. The van der Waals surface area contributed by atoms with Gasteiger partial charge in [0.15, 0.2) is 5.82 Å². The zero-order chi connectivity index (χ0) is 14.1. The van der Waals surface area contributed by atoms with Crippen LogP contribution in [0.15, 0.2) is 36.7 Å². The van der Waals surface area contributed by atoms with E-state index in [0.29, 0.717) is 23.2 Å². The second kappa shape index (κ2) is 5.05. The fourth-order valence-electron chi connectivity index (χ4n) is 1.92. The van der Waals surface area contributed by atoms with Crippen molar-refractivity contribution < 1.29 is 4.39 Å². The van der Waals surface area contributed by atoms with E-state index in [0.717, 1.165) is 5.69 Å². The number of nitrogens with zero attached hydrogens (tertiary/aromatic N) is 5. The number of halogens is 2. The van der Waals surface area contributed by atoms with Crippen LogP contribution >= 0.6 is 11.6 Å². The number of hydrogen-bond donors (Lipinski definition) is 0. The van der Waals surface area contributed by atoms with E-state index in [2.05, 4.69) is 15.2 Å². The lowest BCUT2D eigenvalue weighted by atomic mass is 10.3. The van der Waals surface area contributed by atoms with Crippen LogP contribution in [0.1, 0.15) is 11.6 Å². The molecule has 2 heterocycles. The molecule has 5 nitrogen and oxygen atoms in total. The summed E-state index contributed by atoms with van der Waals surface area (Å²) in [5, 5.41) is 9.00. The summed E-state index contributed by atoms with van der Waals surface area (Å²) in [5.74, 6) is 1.06. The van der Waals surface area contributed by atoms with E-state index in [1.165, 1.54) is 12.1 Å². The molecule has 3 aromatic rings. The minimum Gasteiger partial charge on any atom is -0.264 e. The highest BCUT2D eigenvalue weighted by molar-refractivity contribution is 6.30. The zero-order valence-corrected chi connectivity index (χ0v) is 11.4. The van der Waals surface area contributed by atoms with Crippen molar-refractivity contribution in [2.24, 2.45) is 0 Å². The fourth-order valence-corrected chi connectivity index (χ4v) is 2.08. The Hall–Kier alpha value is -2.21. The summed E-state index contributed by atoms with van der Waals surface area (Å²) in [6.45, 7) is 2.24. The molecule has 0 aliphatic heterocycles. The highest BCUT2D eigenvalue weighted by Gasteiger charge is 2.10. The minimum atomic E-state index is -0.286. The Morgan fingerprint density at radius 3 is 2.65 bits per heavy atom. The molecule has 0 radical (unpaired) electrons. The van der Waals surface area contributed by atoms with E-state index in [-0.39, 0.29) is 5.82 Å². The molecule has 0 fully saturated rings. The molecule has 0 spiro atoms. The predicted octanol–water partition coefficient (Wildman–Crippen LogP) is 2.61. The van der Waals surface area contributed by atoms with Crippen molar-refractivity contribution in [2.75, 3.05) is 0 Å². The van der Waals surface area contributed by atoms with Gasteiger partial charge in [-0.3, -0.25) is 4.68 Å². The van der Waals surface area contributed by atoms with Gasteiger partial charge in [-0.2, -0.15) is 10.2 Å². The molecule has 0 atom stereocenters. The highest BCUT2D eigenvalue weighted by atomic mass is 35.5. The van der Waals surface area contributed by atoms with Gasteiger partial charge >= 0.3 is 0 Å². The van der Waals surface area contributed by atoms with Gasteiger partial charge in [-0.1, -0.05) is 11.6 Å². The van der Waals surface area contributed by atoms with Crippen molar-refractivity contribution in [3.05, 3.63) is 59.1 Å². The van der Waals surface area contributed by atoms with Crippen molar-refractivity contribution in [3.8, 4) is 5.69 Å². The second-order valence-corrected chi connectivity index (χ2v) is 4.76. The molecule has 0 N–H and O–H groups in total. The molecule has 7 heteroatoms. The molecule has 0 unspecified atom stereocenters. The van der Waals surface area contributed by atoms with Gasteiger partial charge in [-0.25, -0.2) is 14.1 Å². The standard InChI is InChI=1S/C13H11ClFN5/c1-9-17-13(8-19-7-10(14)6-16-19)20(18-9)12-4-2-11(15)3-5-12/h2-7H,8H2,1H3. The molecule has 0 bridgehead atoms. The first-order chi connectivity index (χ1) is 9.61. The molecule has 0 amide bonds. The van der Waals surface area contributed by atoms with E-state index in [9.17, 15) is 4.39 Å². The summed E-state index contributed by atoms with van der Waals surface area (Å²) in [6.07, 6.45) is 3.27. The Kier molecular flexibility index (Phi) is 3.23. The van der Waals surface area contributed by atoms with Crippen molar-refractivity contribution >= 4 is 11.6 Å². The van der Waals surface area contributed by atoms with E-state index in [4.69, 9.17) is 11.6 Å². The van der Waals surface area contributed by atoms with Gasteiger partial charge in [-0.05, 0) is 31.2 Å². The molecule has 0 saturated heterocycles. The molecule has 0 aliphatic carbocycles. The third-order valence-electron chi connectivity index (χ3n) is 2.76. The van der Waals surface area contributed by atoms with Gasteiger partial charge in [0.2, 0.25) is 0 Å². The van der Waals surface area contributed by atoms with Crippen LogP contribution < -0.4 is 0 Å². The van der Waals surface area contributed by atoms with E-state index in [1.807, 2.05) is 0 Å². The molecule has 1 aromatic carbocycles. The third kappa shape index (κ3) is 2.55. The van der Waals surface area contributed by atoms with Gasteiger partial charge in [0.25, 0.3) is 0 Å². The Labute approximate surface area is 119 Å². The van der Waals surface area contributed by atoms with Crippen LogP contribution in [0.4, 0.5) is 4.39 Å². The maximum Gasteiger partial charge on any atom is 0.154 e. The van der Waals surface area contributed by atoms with E-state index < -0.39 is 0 Å². The molecule has 0 aliphatic rings. The van der Waals surface area contributed by atoms with Gasteiger partial charge in [0, 0.05) is 6.20 Å². The van der Waals surface area contributed by atoms with Crippen LogP contribution in [0.25, 0.3) is 5.69 Å². The molecule has 2 aromatic heterocycles. The Bertz CT molecular complexity index is 732. The Morgan fingerprint density at radius 1 is 1.25 bits per heavy atom. The molecule has 3 rings (SSSR count). The maximum atomic E-state index is 13.0. The van der Waals surface area contributed by atoms with Crippen LogP contribution in [-0.4, -0.2) is 24.5 Å². The van der Waals surface area contributed by atoms with Crippen LogP contribution in [0.2, 0.25) is 5.02 Å². The summed E-state index contributed by atoms with van der Waals surface area (Å²) < 4.78 is 16.3. The Balaban J connectivity index is 1.97. The van der Waals surface area contributed by atoms with Gasteiger partial charge in [0.05, 0.1) is 16.9 Å². The average molecular weight is 292 g/mol. The Morgan fingerprint density at radius 2 is 2.00 bits per heavy atom. The number of aromatic nitrogens is 5. The van der Waals surface area contributed by atoms with Crippen LogP contribution in [0.3, 0.4) is 0 Å². The molecule has 20 heavy (non-hydrogen) atoms. The maximum absolute atomic E-state index is 13.0. The number of rotatable bonds is 3. The monoisotopic (exact) mass is 291 g/mol. The molecular weight excluding hydrogens is 281 g/mol. The summed E-state index contributed by atoms with van der Waals surface area (Å²) in [5.41, 5.74) is 0.750. The average Bonchev–Trinajstić information content (AvgIpc) is 2.97. The lowest BCUT2D eigenvalue weighted by Gasteiger charge is -2.05. The van der Waals surface area contributed by atoms with E-state index >= 15 is 0 Å². The third-order valence-corrected chi connectivity index (χ3v) is 2.95. The quantitative estimate of drug-likeness (QED) is 0.745. The van der Waals surface area contributed by atoms with Crippen LogP contribution in [-0.2, 0) is 6.54 Å². The first-order valence-electron chi connectivity index (χ1n) is 5.98. The van der Waals surface area contributed by atoms with Crippen LogP contribution in [0, 0.1) is 12.7 Å². The first kappa shape index (κ1) is 12.8. The normalized spacial score (nSPS) is 10.9. The lowest BCUT2D eigenvalue weighted by molar-refractivity contribution is 0.622. The van der Waals surface area contributed by atoms with Crippen molar-refractivity contribution in [3.63, 3.8) is 0 Å². The number of benzene rings is 1. The first-order valence-corrected chi connectivity index (χ1v) is 6.36. The lowest BCUT2D eigenvalue weighted by Crippen LogP contribution is -2.08. The SMILES string of the molecule is Cc1nc(Cn2cc(Cl)cn2)n(-c2ccc(F)cc2)n1. The van der Waals surface area contributed by atoms with Gasteiger partial charge < -0.3 is 0 Å². The predicted molar refractivity (Wildman–Crippen MR) is 72.4 cm³/mol.